The fourth-order valence-electron chi connectivity index (χ4n) is 2.89. The lowest BCUT2D eigenvalue weighted by atomic mass is 10.2. The fourth-order valence-corrected chi connectivity index (χ4v) is 2.89. The third-order valence-electron chi connectivity index (χ3n) is 3.85. The Morgan fingerprint density at radius 3 is 2.67 bits per heavy atom. The zero-order valence-corrected chi connectivity index (χ0v) is 11.5. The molecule has 7 heteroatoms. The Balaban J connectivity index is 2.27. The molecule has 0 atom stereocenters. The maximum Gasteiger partial charge on any atom is 0.221 e. The van der Waals surface area contributed by atoms with Crippen LogP contribution >= 0.6 is 0 Å². The number of hydrogen-bond donors (Lipinski definition) is 1. The number of fused-ring (bicyclic) bond motifs is 3. The number of nitrogens with zero attached hydrogens (tertiary/aromatic N) is 5. The average Bonchev–Trinajstić information content (AvgIpc) is 3.11. The average molecular weight is 280 g/mol. The highest BCUT2D eigenvalue weighted by atomic mass is 16.1. The number of rotatable bonds is 1. The van der Waals surface area contributed by atoms with E-state index in [1.807, 2.05) is 47.5 Å². The van der Waals surface area contributed by atoms with Crippen molar-refractivity contribution < 1.29 is 0 Å². The number of hydrogen-bond acceptors (Lipinski definition) is 4. The zero-order chi connectivity index (χ0) is 14.6. The van der Waals surface area contributed by atoms with Crippen molar-refractivity contribution in [3.8, 4) is 11.5 Å². The van der Waals surface area contributed by atoms with Crippen LogP contribution in [0.15, 0.2) is 35.1 Å². The highest BCUT2D eigenvalue weighted by Crippen LogP contribution is 2.27. The van der Waals surface area contributed by atoms with Crippen molar-refractivity contribution in [3.63, 3.8) is 0 Å². The molecule has 0 fully saturated rings. The molecule has 0 saturated heterocycles. The van der Waals surface area contributed by atoms with Crippen molar-refractivity contribution in [2.45, 2.75) is 0 Å². The second-order valence-corrected chi connectivity index (χ2v) is 4.96. The fraction of sp³-hybridized carbons (Fsp3) is 0.143. The molecular formula is C14H12N6O. The minimum absolute atomic E-state index is 0.0541. The van der Waals surface area contributed by atoms with E-state index >= 15 is 0 Å². The normalized spacial score (nSPS) is 11.5. The summed E-state index contributed by atoms with van der Waals surface area (Å²) in [5.74, 6) is 0.407. The second-order valence-electron chi connectivity index (χ2n) is 4.96. The van der Waals surface area contributed by atoms with E-state index in [-0.39, 0.29) is 5.43 Å². The minimum Gasteiger partial charge on any atom is -0.339 e. The lowest BCUT2D eigenvalue weighted by Crippen LogP contribution is -2.11. The van der Waals surface area contributed by atoms with Crippen molar-refractivity contribution in [2.24, 2.45) is 14.1 Å². The van der Waals surface area contributed by atoms with Gasteiger partial charge in [-0.2, -0.15) is 5.21 Å². The molecule has 3 heterocycles. The predicted molar refractivity (Wildman–Crippen MR) is 78.8 cm³/mol. The molecule has 4 rings (SSSR count). The Morgan fingerprint density at radius 1 is 1.10 bits per heavy atom. The van der Waals surface area contributed by atoms with Crippen molar-refractivity contribution in [3.05, 3.63) is 40.6 Å². The maximum absolute atomic E-state index is 12.5. The number of aromatic nitrogens is 6. The van der Waals surface area contributed by atoms with Crippen molar-refractivity contribution in [1.82, 2.24) is 29.8 Å². The van der Waals surface area contributed by atoms with Crippen LogP contribution in [0, 0.1) is 0 Å². The van der Waals surface area contributed by atoms with E-state index in [2.05, 4.69) is 20.6 Å². The maximum atomic E-state index is 12.5. The van der Waals surface area contributed by atoms with Crippen molar-refractivity contribution in [1.29, 1.82) is 0 Å². The summed E-state index contributed by atoms with van der Waals surface area (Å²) < 4.78 is 3.86. The molecule has 21 heavy (non-hydrogen) atoms. The standard InChI is InChI=1S/C14H12N6O/c1-19-9-6-4-3-5-8(9)12-13(19)11(21)7-10(20(12)2)14-15-17-18-16-14/h3-7H,1-2H3,(H,15,16,17,18). The highest BCUT2D eigenvalue weighted by Gasteiger charge is 2.17. The number of nitrogens with one attached hydrogen (secondary N) is 1. The van der Waals surface area contributed by atoms with Gasteiger partial charge in [-0.05, 0) is 11.3 Å². The van der Waals surface area contributed by atoms with E-state index < -0.39 is 0 Å². The van der Waals surface area contributed by atoms with Crippen molar-refractivity contribution in [2.75, 3.05) is 0 Å². The molecule has 104 valence electrons. The summed E-state index contributed by atoms with van der Waals surface area (Å²) >= 11 is 0. The molecule has 1 N–H and O–H groups in total. The Hall–Kier alpha value is -2.96. The van der Waals surface area contributed by atoms with E-state index in [9.17, 15) is 4.79 Å². The van der Waals surface area contributed by atoms with Gasteiger partial charge in [-0.15, -0.1) is 10.2 Å². The topological polar surface area (TPSA) is 81.4 Å². The van der Waals surface area contributed by atoms with Crippen LogP contribution in [0.25, 0.3) is 33.5 Å². The molecule has 0 aliphatic carbocycles. The molecule has 0 amide bonds. The smallest absolute Gasteiger partial charge is 0.221 e. The van der Waals surface area contributed by atoms with E-state index in [0.29, 0.717) is 17.0 Å². The number of aromatic amines is 1. The second kappa shape index (κ2) is 4.02. The van der Waals surface area contributed by atoms with Gasteiger partial charge in [-0.3, -0.25) is 4.79 Å². The van der Waals surface area contributed by atoms with Crippen LogP contribution in [0.3, 0.4) is 0 Å². The summed E-state index contributed by atoms with van der Waals surface area (Å²) in [4.78, 5) is 12.5. The molecule has 0 spiro atoms. The Kier molecular flexibility index (Phi) is 2.26. The van der Waals surface area contributed by atoms with Crippen LogP contribution < -0.4 is 5.43 Å². The van der Waals surface area contributed by atoms with Crippen LogP contribution in [0.4, 0.5) is 0 Å². The van der Waals surface area contributed by atoms with Gasteiger partial charge in [-0.25, -0.2) is 0 Å². The molecule has 7 nitrogen and oxygen atoms in total. The van der Waals surface area contributed by atoms with Gasteiger partial charge in [0.15, 0.2) is 0 Å². The van der Waals surface area contributed by atoms with Crippen LogP contribution in [0.5, 0.6) is 0 Å². The van der Waals surface area contributed by atoms with Crippen LogP contribution in [0.2, 0.25) is 0 Å². The molecule has 4 aromatic rings. The molecule has 3 aromatic heterocycles. The van der Waals surface area contributed by atoms with Gasteiger partial charge < -0.3 is 9.13 Å². The van der Waals surface area contributed by atoms with Gasteiger partial charge in [0.25, 0.3) is 0 Å². The molecule has 0 bridgehead atoms. The number of benzene rings is 1. The third-order valence-corrected chi connectivity index (χ3v) is 3.85. The van der Waals surface area contributed by atoms with Crippen LogP contribution in [0.1, 0.15) is 0 Å². The number of para-hydroxylation sites is 1. The van der Waals surface area contributed by atoms with E-state index in [0.717, 1.165) is 16.4 Å². The van der Waals surface area contributed by atoms with E-state index in [4.69, 9.17) is 0 Å². The largest absolute Gasteiger partial charge is 0.339 e. The summed E-state index contributed by atoms with van der Waals surface area (Å²) in [6.45, 7) is 0. The molecular weight excluding hydrogens is 268 g/mol. The number of H-pyrrole nitrogens is 1. The first kappa shape index (κ1) is 11.8. The van der Waals surface area contributed by atoms with Gasteiger partial charge >= 0.3 is 0 Å². The summed E-state index contributed by atoms with van der Waals surface area (Å²) in [5.41, 5.74) is 3.15. The monoisotopic (exact) mass is 280 g/mol. The molecule has 0 aliphatic rings. The van der Waals surface area contributed by atoms with Gasteiger partial charge in [-0.1, -0.05) is 18.2 Å². The Labute approximate surface area is 118 Å². The Bertz CT molecular complexity index is 1030. The first-order valence-corrected chi connectivity index (χ1v) is 6.49. The summed E-state index contributed by atoms with van der Waals surface area (Å²) in [6.07, 6.45) is 0. The third kappa shape index (κ3) is 1.48. The number of aryl methyl sites for hydroxylation is 2. The number of pyridine rings is 1. The van der Waals surface area contributed by atoms with Crippen molar-refractivity contribution >= 4 is 21.9 Å². The van der Waals surface area contributed by atoms with Crippen LogP contribution in [-0.2, 0) is 14.1 Å². The first-order chi connectivity index (χ1) is 10.2. The Morgan fingerprint density at radius 2 is 1.90 bits per heavy atom. The lowest BCUT2D eigenvalue weighted by Gasteiger charge is -2.07. The quantitative estimate of drug-likeness (QED) is 0.568. The molecule has 0 aliphatic heterocycles. The minimum atomic E-state index is -0.0541. The molecule has 0 unspecified atom stereocenters. The molecule has 0 saturated carbocycles. The van der Waals surface area contributed by atoms with Gasteiger partial charge in [0.05, 0.1) is 16.7 Å². The molecule has 1 aromatic carbocycles. The predicted octanol–water partition coefficient (Wildman–Crippen LogP) is 1.21. The van der Waals surface area contributed by atoms with Gasteiger partial charge in [0, 0.05) is 25.5 Å². The summed E-state index contributed by atoms with van der Waals surface area (Å²) in [7, 11) is 3.81. The van der Waals surface area contributed by atoms with Gasteiger partial charge in [0.2, 0.25) is 11.3 Å². The van der Waals surface area contributed by atoms with Gasteiger partial charge in [0.1, 0.15) is 5.52 Å². The summed E-state index contributed by atoms with van der Waals surface area (Å²) in [5, 5.41) is 14.9. The van der Waals surface area contributed by atoms with E-state index in [1.54, 1.807) is 6.07 Å². The van der Waals surface area contributed by atoms with E-state index in [1.165, 1.54) is 0 Å². The van der Waals surface area contributed by atoms with Crippen LogP contribution in [-0.4, -0.2) is 29.8 Å². The first-order valence-electron chi connectivity index (χ1n) is 6.49. The zero-order valence-electron chi connectivity index (χ0n) is 11.5. The highest BCUT2D eigenvalue weighted by molar-refractivity contribution is 6.06. The number of tetrazole rings is 1. The lowest BCUT2D eigenvalue weighted by molar-refractivity contribution is 0.881. The molecule has 0 radical (unpaired) electrons. The SMILES string of the molecule is Cn1c(-c2nn[nH]n2)cc(=O)c2c1c1ccccc1n2C. The summed E-state index contributed by atoms with van der Waals surface area (Å²) in [6, 6.07) is 9.49.